The molecule has 3 heterocycles. The maximum absolute atomic E-state index is 12.3. The number of rotatable bonds is 3. The normalized spacial score (nSPS) is 12.2. The topological polar surface area (TPSA) is 88.5 Å². The summed E-state index contributed by atoms with van der Waals surface area (Å²) in [4.78, 5) is 24.1. The number of nitrogens with one attached hydrogen (secondary N) is 2. The number of benzene rings is 1. The lowest BCUT2D eigenvalue weighted by Crippen LogP contribution is -2.30. The molecule has 7 nitrogen and oxygen atoms in total. The number of H-pyrrole nitrogens is 1. The minimum atomic E-state index is -0.205. The fourth-order valence-electron chi connectivity index (χ4n) is 3.28. The van der Waals surface area contributed by atoms with Crippen molar-refractivity contribution >= 4 is 27.8 Å². The highest BCUT2D eigenvalue weighted by molar-refractivity contribution is 6.00. The van der Waals surface area contributed by atoms with E-state index >= 15 is 0 Å². The van der Waals surface area contributed by atoms with Crippen LogP contribution in [0.25, 0.3) is 33.2 Å². The third-order valence-electron chi connectivity index (χ3n) is 4.54. The first-order valence-corrected chi connectivity index (χ1v) is 9.37. The van der Waals surface area contributed by atoms with Crippen molar-refractivity contribution in [2.45, 2.75) is 46.2 Å². The molecule has 0 aliphatic heterocycles. The Balaban J connectivity index is 1.83. The van der Waals surface area contributed by atoms with Gasteiger partial charge in [-0.15, -0.1) is 0 Å². The van der Waals surface area contributed by atoms with Crippen molar-refractivity contribution in [1.29, 1.82) is 0 Å². The number of hydrogen-bond donors (Lipinski definition) is 2. The van der Waals surface area contributed by atoms with E-state index in [-0.39, 0.29) is 17.5 Å². The first kappa shape index (κ1) is 18.2. The van der Waals surface area contributed by atoms with Gasteiger partial charge in [0.25, 0.3) is 5.91 Å². The molecule has 0 spiro atoms. The molecular formula is C21H24N6O. The van der Waals surface area contributed by atoms with E-state index in [0.29, 0.717) is 5.69 Å². The van der Waals surface area contributed by atoms with Gasteiger partial charge in [0, 0.05) is 28.7 Å². The van der Waals surface area contributed by atoms with E-state index in [9.17, 15) is 4.79 Å². The predicted octanol–water partition coefficient (Wildman–Crippen LogP) is 3.87. The maximum atomic E-state index is 12.3. The van der Waals surface area contributed by atoms with E-state index in [1.165, 1.54) is 0 Å². The Hall–Kier alpha value is -3.22. The molecule has 0 atom stereocenters. The van der Waals surface area contributed by atoms with Gasteiger partial charge < -0.3 is 10.3 Å². The molecule has 28 heavy (non-hydrogen) atoms. The number of carbonyl (C=O) groups is 1. The molecule has 7 heteroatoms. The van der Waals surface area contributed by atoms with Crippen molar-refractivity contribution in [2.75, 3.05) is 0 Å². The largest absolute Gasteiger partial charge is 0.351 e. The van der Waals surface area contributed by atoms with Gasteiger partial charge in [0.1, 0.15) is 17.7 Å². The van der Waals surface area contributed by atoms with Gasteiger partial charge in [0.2, 0.25) is 0 Å². The summed E-state index contributed by atoms with van der Waals surface area (Å²) in [6.45, 7) is 10.2. The molecule has 144 valence electrons. The Morgan fingerprint density at radius 1 is 1.21 bits per heavy atom. The van der Waals surface area contributed by atoms with Crippen molar-refractivity contribution in [3.63, 3.8) is 0 Å². The second-order valence-electron chi connectivity index (χ2n) is 8.30. The van der Waals surface area contributed by atoms with Gasteiger partial charge in [-0.1, -0.05) is 12.1 Å². The summed E-state index contributed by atoms with van der Waals surface area (Å²) in [7, 11) is 0. The molecule has 0 fully saturated rings. The van der Waals surface area contributed by atoms with Gasteiger partial charge in [-0.05, 0) is 46.8 Å². The number of hydrogen-bond acceptors (Lipinski definition) is 4. The summed E-state index contributed by atoms with van der Waals surface area (Å²) in [5.41, 5.74) is 3.82. The van der Waals surface area contributed by atoms with Crippen molar-refractivity contribution in [2.24, 2.45) is 0 Å². The molecule has 1 amide bonds. The van der Waals surface area contributed by atoms with E-state index in [4.69, 9.17) is 5.10 Å². The second-order valence-corrected chi connectivity index (χ2v) is 8.30. The minimum absolute atomic E-state index is 0.0854. The fraction of sp³-hybridized carbons (Fsp3) is 0.333. The van der Waals surface area contributed by atoms with Crippen LogP contribution in [0.1, 0.15) is 45.1 Å². The minimum Gasteiger partial charge on any atom is -0.351 e. The molecule has 0 bridgehead atoms. The van der Waals surface area contributed by atoms with Crippen LogP contribution in [0.15, 0.2) is 36.8 Å². The molecule has 4 aromatic rings. The highest BCUT2D eigenvalue weighted by Crippen LogP contribution is 2.31. The molecule has 3 aromatic heterocycles. The van der Waals surface area contributed by atoms with Crippen LogP contribution in [-0.2, 0) is 5.54 Å². The number of aromatic nitrogens is 5. The average Bonchev–Trinajstić information content (AvgIpc) is 3.22. The first-order chi connectivity index (χ1) is 13.2. The molecule has 1 aromatic carbocycles. The molecule has 0 aliphatic rings. The summed E-state index contributed by atoms with van der Waals surface area (Å²) < 4.78 is 1.93. The lowest BCUT2D eigenvalue weighted by atomic mass is 10.1. The Morgan fingerprint density at radius 2 is 2.00 bits per heavy atom. The lowest BCUT2D eigenvalue weighted by Gasteiger charge is -2.19. The summed E-state index contributed by atoms with van der Waals surface area (Å²) in [5, 5.41) is 9.63. The average molecular weight is 376 g/mol. The van der Waals surface area contributed by atoms with Crippen molar-refractivity contribution in [3.8, 4) is 11.3 Å². The second kappa shape index (κ2) is 6.44. The molecule has 2 N–H and O–H groups in total. The molecule has 0 radical (unpaired) electrons. The van der Waals surface area contributed by atoms with Gasteiger partial charge in [0.05, 0.1) is 10.9 Å². The lowest BCUT2D eigenvalue weighted by molar-refractivity contribution is 0.0939. The Bertz CT molecular complexity index is 1180. The van der Waals surface area contributed by atoms with Gasteiger partial charge in [-0.3, -0.25) is 4.79 Å². The van der Waals surface area contributed by atoms with Gasteiger partial charge in [-0.25, -0.2) is 14.6 Å². The number of aromatic amines is 1. The summed E-state index contributed by atoms with van der Waals surface area (Å²) in [6.07, 6.45) is 3.34. The number of amides is 1. The van der Waals surface area contributed by atoms with Crippen LogP contribution >= 0.6 is 0 Å². The van der Waals surface area contributed by atoms with E-state index in [1.54, 1.807) is 12.5 Å². The van der Waals surface area contributed by atoms with Gasteiger partial charge in [-0.2, -0.15) is 5.10 Å². The van der Waals surface area contributed by atoms with Crippen LogP contribution in [-0.4, -0.2) is 36.7 Å². The summed E-state index contributed by atoms with van der Waals surface area (Å²) in [5.74, 6) is -0.108. The van der Waals surface area contributed by atoms with Crippen LogP contribution in [0.4, 0.5) is 0 Å². The number of carbonyl (C=O) groups excluding carboxylic acids is 1. The van der Waals surface area contributed by atoms with Crippen molar-refractivity contribution in [3.05, 3.63) is 42.5 Å². The van der Waals surface area contributed by atoms with Crippen molar-refractivity contribution in [1.82, 2.24) is 30.0 Å². The van der Waals surface area contributed by atoms with Crippen LogP contribution < -0.4 is 5.32 Å². The summed E-state index contributed by atoms with van der Waals surface area (Å²) in [6, 6.07) is 7.98. The molecule has 0 saturated heterocycles. The molecular weight excluding hydrogens is 352 g/mol. The first-order valence-electron chi connectivity index (χ1n) is 9.37. The predicted molar refractivity (Wildman–Crippen MR) is 110 cm³/mol. The van der Waals surface area contributed by atoms with Crippen LogP contribution in [0.2, 0.25) is 0 Å². The van der Waals surface area contributed by atoms with Crippen LogP contribution in [0.3, 0.4) is 0 Å². The molecule has 0 unspecified atom stereocenters. The van der Waals surface area contributed by atoms with Crippen LogP contribution in [0.5, 0.6) is 0 Å². The quantitative estimate of drug-likeness (QED) is 0.568. The number of nitrogens with zero attached hydrogens (tertiary/aromatic N) is 4. The number of fused-ring (bicyclic) bond motifs is 2. The Morgan fingerprint density at radius 3 is 2.71 bits per heavy atom. The monoisotopic (exact) mass is 376 g/mol. The highest BCUT2D eigenvalue weighted by atomic mass is 16.1. The highest BCUT2D eigenvalue weighted by Gasteiger charge is 2.22. The van der Waals surface area contributed by atoms with Gasteiger partial charge >= 0.3 is 0 Å². The smallest absolute Gasteiger partial charge is 0.267 e. The van der Waals surface area contributed by atoms with Crippen molar-refractivity contribution < 1.29 is 4.79 Å². The third kappa shape index (κ3) is 3.13. The van der Waals surface area contributed by atoms with E-state index in [1.807, 2.05) is 42.8 Å². The van der Waals surface area contributed by atoms with E-state index in [2.05, 4.69) is 41.0 Å². The zero-order chi connectivity index (χ0) is 20.1. The molecule has 0 saturated carbocycles. The maximum Gasteiger partial charge on any atom is 0.267 e. The Kier molecular flexibility index (Phi) is 4.18. The summed E-state index contributed by atoms with van der Waals surface area (Å²) >= 11 is 0. The van der Waals surface area contributed by atoms with Gasteiger partial charge in [0.15, 0.2) is 5.65 Å². The van der Waals surface area contributed by atoms with Crippen LogP contribution in [0, 0.1) is 0 Å². The zero-order valence-corrected chi connectivity index (χ0v) is 16.7. The molecule has 4 rings (SSSR count). The Labute approximate surface area is 163 Å². The zero-order valence-electron chi connectivity index (χ0n) is 16.7. The van der Waals surface area contributed by atoms with E-state index < -0.39 is 0 Å². The third-order valence-corrected chi connectivity index (χ3v) is 4.54. The molecule has 0 aliphatic carbocycles. The SMILES string of the molecule is CC(C)NC(=O)c1cc2ccc(-c3nn(C(C)(C)C)c4ncncc34)cc2[nH]1. The fourth-order valence-corrected chi connectivity index (χ4v) is 3.28. The van der Waals surface area contributed by atoms with E-state index in [0.717, 1.165) is 33.2 Å². The standard InChI is InChI=1S/C21H24N6O/c1-12(2)24-20(28)17-8-13-6-7-14(9-16(13)25-17)18-15-10-22-11-23-19(15)27(26-18)21(3,4)5/h6-12,25H,1-5H3,(H,24,28).